The maximum atomic E-state index is 13.5. The third-order valence-electron chi connectivity index (χ3n) is 3.81. The largest absolute Gasteiger partial charge is 0.494 e. The van der Waals surface area contributed by atoms with Crippen LogP contribution in [-0.2, 0) is 10.0 Å². The molecule has 0 atom stereocenters. The summed E-state index contributed by atoms with van der Waals surface area (Å²) >= 11 is 0. The van der Waals surface area contributed by atoms with Gasteiger partial charge in [0.2, 0.25) is 0 Å². The van der Waals surface area contributed by atoms with Crippen molar-refractivity contribution >= 4 is 21.4 Å². The molecule has 0 saturated heterocycles. The average molecular weight is 337 g/mol. The van der Waals surface area contributed by atoms with Crippen molar-refractivity contribution in [3.8, 4) is 5.75 Å². The van der Waals surface area contributed by atoms with Crippen molar-refractivity contribution in [3.05, 3.63) is 42.5 Å². The van der Waals surface area contributed by atoms with Crippen LogP contribution in [0.2, 0.25) is 0 Å². The lowest BCUT2D eigenvalue weighted by Gasteiger charge is -2.35. The quantitative estimate of drug-likeness (QED) is 0.856. The number of pyridine rings is 1. The summed E-state index contributed by atoms with van der Waals surface area (Å²) < 4.78 is 45.6. The van der Waals surface area contributed by atoms with E-state index in [-0.39, 0.29) is 17.2 Å². The Balaban J connectivity index is 2.09. The molecule has 1 aliphatic heterocycles. The standard InChI is InChI=1S/C15H16FN3O3S/c1-18-7-8-19(14-10-17-6-5-13(14)18)23(20,21)11-3-4-12(16)15(9-11)22-2/h3-6,9-10H,7-8H2,1-2H3. The van der Waals surface area contributed by atoms with Crippen LogP contribution >= 0.6 is 0 Å². The van der Waals surface area contributed by atoms with Gasteiger partial charge in [0.25, 0.3) is 10.0 Å². The highest BCUT2D eigenvalue weighted by Gasteiger charge is 2.31. The van der Waals surface area contributed by atoms with Gasteiger partial charge in [0.1, 0.15) is 0 Å². The number of fused-ring (bicyclic) bond motifs is 1. The first-order chi connectivity index (χ1) is 10.9. The van der Waals surface area contributed by atoms with E-state index < -0.39 is 15.8 Å². The second-order valence-corrected chi connectivity index (χ2v) is 7.02. The highest BCUT2D eigenvalue weighted by atomic mass is 32.2. The van der Waals surface area contributed by atoms with E-state index >= 15 is 0 Å². The van der Waals surface area contributed by atoms with Crippen LogP contribution in [0.1, 0.15) is 0 Å². The van der Waals surface area contributed by atoms with Gasteiger partial charge in [0, 0.05) is 25.9 Å². The van der Waals surface area contributed by atoms with Crippen LogP contribution in [0.15, 0.2) is 41.6 Å². The fourth-order valence-corrected chi connectivity index (χ4v) is 4.03. The molecule has 2 heterocycles. The van der Waals surface area contributed by atoms with Crippen LogP contribution in [0, 0.1) is 5.82 Å². The van der Waals surface area contributed by atoms with Crippen LogP contribution in [-0.4, -0.2) is 40.6 Å². The monoisotopic (exact) mass is 337 g/mol. The van der Waals surface area contributed by atoms with E-state index in [1.54, 1.807) is 12.3 Å². The van der Waals surface area contributed by atoms with Crippen molar-refractivity contribution in [2.24, 2.45) is 0 Å². The molecule has 0 N–H and O–H groups in total. The second kappa shape index (κ2) is 5.69. The zero-order valence-corrected chi connectivity index (χ0v) is 13.5. The number of halogens is 1. The molecule has 1 aromatic heterocycles. The molecule has 1 aromatic carbocycles. The zero-order valence-electron chi connectivity index (χ0n) is 12.7. The maximum Gasteiger partial charge on any atom is 0.264 e. The first-order valence-corrected chi connectivity index (χ1v) is 8.40. The minimum Gasteiger partial charge on any atom is -0.494 e. The first kappa shape index (κ1) is 15.5. The van der Waals surface area contributed by atoms with Crippen molar-refractivity contribution in [2.45, 2.75) is 4.90 Å². The van der Waals surface area contributed by atoms with Gasteiger partial charge in [0.15, 0.2) is 11.6 Å². The van der Waals surface area contributed by atoms with E-state index in [0.29, 0.717) is 12.2 Å². The van der Waals surface area contributed by atoms with Gasteiger partial charge >= 0.3 is 0 Å². The summed E-state index contributed by atoms with van der Waals surface area (Å²) in [5.41, 5.74) is 1.29. The third-order valence-corrected chi connectivity index (χ3v) is 5.62. The lowest BCUT2D eigenvalue weighted by atomic mass is 10.2. The topological polar surface area (TPSA) is 62.7 Å². The molecule has 23 heavy (non-hydrogen) atoms. The number of nitrogens with zero attached hydrogens (tertiary/aromatic N) is 3. The van der Waals surface area contributed by atoms with Crippen molar-refractivity contribution in [2.75, 3.05) is 36.5 Å². The number of likely N-dealkylation sites (N-methyl/N-ethyl adjacent to an activating group) is 1. The molecule has 3 rings (SSSR count). The molecule has 8 heteroatoms. The van der Waals surface area contributed by atoms with E-state index in [0.717, 1.165) is 11.8 Å². The molecule has 0 bridgehead atoms. The van der Waals surface area contributed by atoms with Crippen LogP contribution in [0.25, 0.3) is 0 Å². The summed E-state index contributed by atoms with van der Waals surface area (Å²) in [7, 11) is -0.640. The van der Waals surface area contributed by atoms with Crippen molar-refractivity contribution in [3.63, 3.8) is 0 Å². The lowest BCUT2D eigenvalue weighted by Crippen LogP contribution is -2.42. The molecule has 1 aliphatic rings. The Morgan fingerprint density at radius 3 is 2.74 bits per heavy atom. The molecule has 0 saturated carbocycles. The summed E-state index contributed by atoms with van der Waals surface area (Å²) in [6, 6.07) is 5.29. The summed E-state index contributed by atoms with van der Waals surface area (Å²) in [6.45, 7) is 0.839. The SMILES string of the molecule is COc1cc(S(=O)(=O)N2CCN(C)c3ccncc32)ccc1F. The number of hydrogen-bond acceptors (Lipinski definition) is 5. The normalized spacial score (nSPS) is 14.6. The molecule has 0 amide bonds. The summed E-state index contributed by atoms with van der Waals surface area (Å²) in [6.07, 6.45) is 3.13. The second-order valence-electron chi connectivity index (χ2n) is 5.16. The van der Waals surface area contributed by atoms with Crippen LogP contribution < -0.4 is 13.9 Å². The Kier molecular flexibility index (Phi) is 3.85. The average Bonchev–Trinajstić information content (AvgIpc) is 2.55. The summed E-state index contributed by atoms with van der Waals surface area (Å²) in [5.74, 6) is -0.710. The predicted molar refractivity (Wildman–Crippen MR) is 85.0 cm³/mol. The zero-order chi connectivity index (χ0) is 16.6. The molecule has 0 radical (unpaired) electrons. The summed E-state index contributed by atoms with van der Waals surface area (Å²) in [5, 5.41) is 0. The highest BCUT2D eigenvalue weighted by molar-refractivity contribution is 7.92. The molecular weight excluding hydrogens is 321 g/mol. The minimum absolute atomic E-state index is 0.0184. The van der Waals surface area contributed by atoms with Crippen LogP contribution in [0.3, 0.4) is 0 Å². The molecule has 0 fully saturated rings. The van der Waals surface area contributed by atoms with Crippen LogP contribution in [0.4, 0.5) is 15.8 Å². The predicted octanol–water partition coefficient (Wildman–Crippen LogP) is 1.87. The Bertz CT molecular complexity index is 842. The van der Waals surface area contributed by atoms with Gasteiger partial charge in [-0.3, -0.25) is 9.29 Å². The van der Waals surface area contributed by atoms with E-state index in [9.17, 15) is 12.8 Å². The fourth-order valence-electron chi connectivity index (χ4n) is 2.55. The van der Waals surface area contributed by atoms with Gasteiger partial charge in [-0.1, -0.05) is 0 Å². The number of sulfonamides is 1. The lowest BCUT2D eigenvalue weighted by molar-refractivity contribution is 0.385. The number of benzene rings is 1. The Morgan fingerprint density at radius 2 is 2.00 bits per heavy atom. The van der Waals surface area contributed by atoms with Gasteiger partial charge in [-0.25, -0.2) is 12.8 Å². The first-order valence-electron chi connectivity index (χ1n) is 6.96. The highest BCUT2D eigenvalue weighted by Crippen LogP contribution is 2.35. The maximum absolute atomic E-state index is 13.5. The van der Waals surface area contributed by atoms with Gasteiger partial charge in [-0.15, -0.1) is 0 Å². The third kappa shape index (κ3) is 2.59. The molecule has 0 spiro atoms. The van der Waals surface area contributed by atoms with Crippen molar-refractivity contribution in [1.82, 2.24) is 4.98 Å². The minimum atomic E-state index is -3.83. The molecule has 6 nitrogen and oxygen atoms in total. The van der Waals surface area contributed by atoms with E-state index in [1.165, 1.54) is 29.7 Å². The number of methoxy groups -OCH3 is 1. The number of ether oxygens (including phenoxy) is 1. The molecule has 2 aromatic rings. The molecular formula is C15H16FN3O3S. The molecule has 0 unspecified atom stereocenters. The van der Waals surface area contributed by atoms with Gasteiger partial charge < -0.3 is 9.64 Å². The van der Waals surface area contributed by atoms with Crippen molar-refractivity contribution < 1.29 is 17.5 Å². The Hall–Kier alpha value is -2.35. The number of anilines is 2. The summed E-state index contributed by atoms with van der Waals surface area (Å²) in [4.78, 5) is 5.97. The van der Waals surface area contributed by atoms with E-state index in [1.807, 2.05) is 11.9 Å². The number of aromatic nitrogens is 1. The van der Waals surface area contributed by atoms with E-state index in [4.69, 9.17) is 4.74 Å². The van der Waals surface area contributed by atoms with Crippen molar-refractivity contribution in [1.29, 1.82) is 0 Å². The Morgan fingerprint density at radius 1 is 1.22 bits per heavy atom. The Labute approximate surface area is 134 Å². The molecule has 122 valence electrons. The smallest absolute Gasteiger partial charge is 0.264 e. The van der Waals surface area contributed by atoms with Gasteiger partial charge in [-0.2, -0.15) is 0 Å². The van der Waals surface area contributed by atoms with Crippen LogP contribution in [0.5, 0.6) is 5.75 Å². The fraction of sp³-hybridized carbons (Fsp3) is 0.267. The van der Waals surface area contributed by atoms with E-state index in [2.05, 4.69) is 4.98 Å². The number of rotatable bonds is 3. The van der Waals surface area contributed by atoms with Gasteiger partial charge in [-0.05, 0) is 18.2 Å². The molecule has 0 aliphatic carbocycles. The number of hydrogen-bond donors (Lipinski definition) is 0. The van der Waals surface area contributed by atoms with Gasteiger partial charge in [0.05, 0.1) is 36.1 Å².